The molecule has 1 atom stereocenters. The number of aliphatic imine (C=N–C) groups is 1. The Balaban J connectivity index is 1.72. The summed E-state index contributed by atoms with van der Waals surface area (Å²) < 4.78 is 0. The first-order valence-electron chi connectivity index (χ1n) is 7.25. The molecule has 0 radical (unpaired) electrons. The van der Waals surface area contributed by atoms with E-state index in [1.54, 1.807) is 6.20 Å². The average Bonchev–Trinajstić information content (AvgIpc) is 2.55. The van der Waals surface area contributed by atoms with E-state index in [9.17, 15) is 0 Å². The highest BCUT2D eigenvalue weighted by Crippen LogP contribution is 2.40. The number of pyridine rings is 1. The van der Waals surface area contributed by atoms with Gasteiger partial charge in [-0.2, -0.15) is 0 Å². The molecule has 2 aliphatic rings. The van der Waals surface area contributed by atoms with Crippen LogP contribution in [-0.2, 0) is 6.42 Å². The van der Waals surface area contributed by atoms with Crippen molar-refractivity contribution in [3.63, 3.8) is 0 Å². The minimum atomic E-state index is 0.205. The second-order valence-electron chi connectivity index (χ2n) is 5.42. The molecule has 106 valence electrons. The van der Waals surface area contributed by atoms with Crippen molar-refractivity contribution in [2.75, 3.05) is 10.3 Å². The van der Waals surface area contributed by atoms with Gasteiger partial charge in [0.1, 0.15) is 5.82 Å². The summed E-state index contributed by atoms with van der Waals surface area (Å²) >= 11 is 0. The van der Waals surface area contributed by atoms with Crippen LogP contribution in [-0.4, -0.2) is 10.9 Å². The number of guanidine groups is 1. The highest BCUT2D eigenvalue weighted by molar-refractivity contribution is 6.06. The third-order valence-corrected chi connectivity index (χ3v) is 4.10. The molecule has 2 heterocycles. The molecule has 1 aromatic carbocycles. The monoisotopic (exact) mass is 279 g/mol. The Morgan fingerprint density at radius 1 is 1.19 bits per heavy atom. The fourth-order valence-corrected chi connectivity index (χ4v) is 3.12. The van der Waals surface area contributed by atoms with Gasteiger partial charge >= 0.3 is 0 Å². The molecule has 1 aliphatic carbocycles. The second-order valence-corrected chi connectivity index (χ2v) is 5.42. The summed E-state index contributed by atoms with van der Waals surface area (Å²) in [6.45, 7) is 0. The summed E-state index contributed by atoms with van der Waals surface area (Å²) in [4.78, 5) is 9.07. The summed E-state index contributed by atoms with van der Waals surface area (Å²) in [5.74, 6) is 7.51. The summed E-state index contributed by atoms with van der Waals surface area (Å²) in [5, 5.41) is 4.86. The van der Waals surface area contributed by atoms with Crippen molar-refractivity contribution in [3.05, 3.63) is 53.7 Å². The van der Waals surface area contributed by atoms with Crippen molar-refractivity contribution >= 4 is 17.5 Å². The van der Waals surface area contributed by atoms with E-state index in [2.05, 4.69) is 28.5 Å². The van der Waals surface area contributed by atoms with Crippen molar-refractivity contribution in [1.29, 1.82) is 0 Å². The van der Waals surface area contributed by atoms with Crippen molar-refractivity contribution in [2.24, 2.45) is 10.8 Å². The first-order valence-corrected chi connectivity index (χ1v) is 7.25. The van der Waals surface area contributed by atoms with Crippen molar-refractivity contribution < 1.29 is 0 Å². The molecule has 0 saturated carbocycles. The van der Waals surface area contributed by atoms with Gasteiger partial charge in [0.05, 0.1) is 6.04 Å². The van der Waals surface area contributed by atoms with Gasteiger partial charge in [-0.3, -0.25) is 0 Å². The van der Waals surface area contributed by atoms with E-state index in [0.717, 1.165) is 18.5 Å². The number of hydrazine groups is 1. The van der Waals surface area contributed by atoms with E-state index >= 15 is 0 Å². The molecule has 0 spiro atoms. The Hall–Kier alpha value is -2.40. The Morgan fingerprint density at radius 2 is 2.14 bits per heavy atom. The Labute approximate surface area is 123 Å². The normalized spacial score (nSPS) is 19.3. The van der Waals surface area contributed by atoms with Gasteiger partial charge in [-0.1, -0.05) is 18.2 Å². The predicted molar refractivity (Wildman–Crippen MR) is 84.1 cm³/mol. The van der Waals surface area contributed by atoms with Gasteiger partial charge in [-0.15, -0.1) is 0 Å². The molecule has 3 N–H and O–H groups in total. The number of nitrogens with two attached hydrogens (primary N) is 1. The van der Waals surface area contributed by atoms with Crippen LogP contribution in [0.15, 0.2) is 47.6 Å². The third-order valence-electron chi connectivity index (χ3n) is 4.10. The van der Waals surface area contributed by atoms with Gasteiger partial charge in [-0.25, -0.2) is 20.8 Å². The molecule has 1 aromatic heterocycles. The SMILES string of the molecule is NN(C1=NC2CCCc3cccc(c32)N1)c1ccccn1. The molecule has 1 unspecified atom stereocenters. The predicted octanol–water partition coefficient (Wildman–Crippen LogP) is 2.62. The maximum Gasteiger partial charge on any atom is 0.219 e. The number of hydrogen-bond acceptors (Lipinski definition) is 5. The number of hydrogen-bond donors (Lipinski definition) is 2. The quantitative estimate of drug-likeness (QED) is 0.622. The number of aryl methyl sites for hydroxylation is 1. The summed E-state index contributed by atoms with van der Waals surface area (Å²) in [6, 6.07) is 12.3. The lowest BCUT2D eigenvalue weighted by Gasteiger charge is -2.33. The lowest BCUT2D eigenvalue weighted by atomic mass is 9.86. The molecule has 1 aliphatic heterocycles. The van der Waals surface area contributed by atoms with Gasteiger partial charge in [0.15, 0.2) is 0 Å². The zero-order chi connectivity index (χ0) is 14.2. The van der Waals surface area contributed by atoms with Crippen LogP contribution in [0.1, 0.15) is 30.0 Å². The number of nitrogens with zero attached hydrogens (tertiary/aromatic N) is 3. The minimum Gasteiger partial charge on any atom is -0.324 e. The van der Waals surface area contributed by atoms with Crippen molar-refractivity contribution in [2.45, 2.75) is 25.3 Å². The van der Waals surface area contributed by atoms with Crippen LogP contribution in [0.5, 0.6) is 0 Å². The van der Waals surface area contributed by atoms with E-state index in [0.29, 0.717) is 11.8 Å². The molecule has 5 heteroatoms. The van der Waals surface area contributed by atoms with Gasteiger partial charge in [-0.05, 0) is 43.0 Å². The Morgan fingerprint density at radius 3 is 3.00 bits per heavy atom. The van der Waals surface area contributed by atoms with E-state index in [4.69, 9.17) is 10.8 Å². The van der Waals surface area contributed by atoms with Gasteiger partial charge in [0.2, 0.25) is 5.96 Å². The van der Waals surface area contributed by atoms with Gasteiger partial charge < -0.3 is 5.32 Å². The highest BCUT2D eigenvalue weighted by Gasteiger charge is 2.28. The lowest BCUT2D eigenvalue weighted by molar-refractivity contribution is 0.569. The smallest absolute Gasteiger partial charge is 0.219 e. The fourth-order valence-electron chi connectivity index (χ4n) is 3.12. The standard InChI is InChI=1S/C16H17N5/c17-21(14-9-1-2-10-18-14)16-19-12-7-3-5-11-6-4-8-13(20-16)15(11)12/h1-3,5,7,9-10,13H,4,6,8,17H2,(H,19,20). The van der Waals surface area contributed by atoms with E-state index in [-0.39, 0.29) is 6.04 Å². The van der Waals surface area contributed by atoms with Crippen LogP contribution in [0, 0.1) is 0 Å². The maximum absolute atomic E-state index is 6.18. The number of benzene rings is 1. The molecule has 5 nitrogen and oxygen atoms in total. The molecule has 0 bridgehead atoms. The number of nitrogens with one attached hydrogen (secondary N) is 1. The van der Waals surface area contributed by atoms with Crippen molar-refractivity contribution in [3.8, 4) is 0 Å². The lowest BCUT2D eigenvalue weighted by Crippen LogP contribution is -2.44. The van der Waals surface area contributed by atoms with Gasteiger partial charge in [0, 0.05) is 17.4 Å². The molecule has 0 amide bonds. The average molecular weight is 279 g/mol. The molecule has 0 fully saturated rings. The number of aromatic nitrogens is 1. The summed E-state index contributed by atoms with van der Waals surface area (Å²) in [7, 11) is 0. The van der Waals surface area contributed by atoms with Crippen LogP contribution in [0.25, 0.3) is 0 Å². The molecule has 2 aromatic rings. The topological polar surface area (TPSA) is 66.5 Å². The first-order chi connectivity index (χ1) is 10.3. The Bertz CT molecular complexity index is 695. The maximum atomic E-state index is 6.18. The van der Waals surface area contributed by atoms with E-state index in [1.807, 2.05) is 18.2 Å². The van der Waals surface area contributed by atoms with Crippen LogP contribution >= 0.6 is 0 Å². The first kappa shape index (κ1) is 12.3. The summed E-state index contributed by atoms with van der Waals surface area (Å²) in [5.41, 5.74) is 3.86. The summed E-state index contributed by atoms with van der Waals surface area (Å²) in [6.07, 6.45) is 5.11. The Kier molecular flexibility index (Phi) is 2.86. The van der Waals surface area contributed by atoms with E-state index < -0.39 is 0 Å². The van der Waals surface area contributed by atoms with E-state index in [1.165, 1.54) is 22.6 Å². The zero-order valence-corrected chi connectivity index (χ0v) is 11.7. The van der Waals surface area contributed by atoms with Crippen molar-refractivity contribution in [1.82, 2.24) is 4.98 Å². The van der Waals surface area contributed by atoms with Gasteiger partial charge in [0.25, 0.3) is 0 Å². The number of rotatable bonds is 1. The molecule has 21 heavy (non-hydrogen) atoms. The molecular formula is C16H17N5. The van der Waals surface area contributed by atoms with Crippen LogP contribution < -0.4 is 16.2 Å². The third kappa shape index (κ3) is 2.06. The largest absolute Gasteiger partial charge is 0.324 e. The fraction of sp³-hybridized carbons (Fsp3) is 0.250. The molecule has 0 saturated heterocycles. The molecule has 4 rings (SSSR count). The van der Waals surface area contributed by atoms with Crippen LogP contribution in [0.3, 0.4) is 0 Å². The molecular weight excluding hydrogens is 262 g/mol. The zero-order valence-electron chi connectivity index (χ0n) is 11.7. The number of anilines is 2. The highest BCUT2D eigenvalue weighted by atomic mass is 15.5. The minimum absolute atomic E-state index is 0.205. The second kappa shape index (κ2) is 4.86. The van der Waals surface area contributed by atoms with Crippen LogP contribution in [0.2, 0.25) is 0 Å². The van der Waals surface area contributed by atoms with Crippen LogP contribution in [0.4, 0.5) is 11.5 Å².